The first-order valence-corrected chi connectivity index (χ1v) is 8.96. The van der Waals surface area contributed by atoms with Gasteiger partial charge in [-0.2, -0.15) is 0 Å². The van der Waals surface area contributed by atoms with Crippen molar-refractivity contribution in [2.24, 2.45) is 0 Å². The number of rotatable bonds is 7. The molecule has 0 spiro atoms. The van der Waals surface area contributed by atoms with Crippen LogP contribution in [0.2, 0.25) is 0 Å². The molecule has 0 bridgehead atoms. The van der Waals surface area contributed by atoms with Crippen LogP contribution in [0.15, 0.2) is 36.2 Å². The monoisotopic (exact) mass is 370 g/mol. The molecule has 0 amide bonds. The molecule has 0 saturated heterocycles. The number of nitrogens with one attached hydrogen (secondary N) is 2. The van der Waals surface area contributed by atoms with Crippen molar-refractivity contribution >= 4 is 28.6 Å². The number of aromatic amines is 1. The van der Waals surface area contributed by atoms with Crippen LogP contribution in [0.5, 0.6) is 0 Å². The van der Waals surface area contributed by atoms with E-state index in [0.29, 0.717) is 12.0 Å². The highest BCUT2D eigenvalue weighted by Gasteiger charge is 2.29. The molecule has 0 fully saturated rings. The number of carbonyl (C=O) groups is 3. The van der Waals surface area contributed by atoms with Gasteiger partial charge >= 0.3 is 11.9 Å². The maximum atomic E-state index is 12.8. The van der Waals surface area contributed by atoms with Crippen LogP contribution >= 0.6 is 0 Å². The van der Waals surface area contributed by atoms with E-state index in [9.17, 15) is 14.4 Å². The zero-order valence-electron chi connectivity index (χ0n) is 15.3. The SMILES string of the molecule is CCOC(=O)C/C(=C\NC1Cc2c[nH]c3cccc(c23)C1=O)C(=O)OCC. The van der Waals surface area contributed by atoms with Gasteiger partial charge in [0.2, 0.25) is 0 Å². The topological polar surface area (TPSA) is 97.5 Å². The summed E-state index contributed by atoms with van der Waals surface area (Å²) >= 11 is 0. The van der Waals surface area contributed by atoms with Crippen LogP contribution in [-0.2, 0) is 25.5 Å². The van der Waals surface area contributed by atoms with E-state index in [-0.39, 0.29) is 31.0 Å². The molecule has 1 aromatic carbocycles. The number of hydrogen-bond acceptors (Lipinski definition) is 6. The minimum Gasteiger partial charge on any atom is -0.466 e. The molecule has 0 aliphatic heterocycles. The minimum atomic E-state index is -0.606. The van der Waals surface area contributed by atoms with Gasteiger partial charge in [0.15, 0.2) is 5.78 Å². The Kier molecular flexibility index (Phi) is 5.59. The van der Waals surface area contributed by atoms with Crippen LogP contribution in [0.1, 0.15) is 36.2 Å². The summed E-state index contributed by atoms with van der Waals surface area (Å²) in [5.74, 6) is -1.18. The highest BCUT2D eigenvalue weighted by atomic mass is 16.5. The van der Waals surface area contributed by atoms with E-state index >= 15 is 0 Å². The first-order valence-electron chi connectivity index (χ1n) is 8.96. The van der Waals surface area contributed by atoms with Crippen LogP contribution in [0.25, 0.3) is 10.9 Å². The maximum Gasteiger partial charge on any atom is 0.336 e. The molecule has 1 aliphatic carbocycles. The summed E-state index contributed by atoms with van der Waals surface area (Å²) in [4.78, 5) is 39.9. The molecular weight excluding hydrogens is 348 g/mol. The smallest absolute Gasteiger partial charge is 0.336 e. The molecule has 1 atom stereocenters. The Balaban J connectivity index is 1.80. The molecular formula is C20H22N2O5. The van der Waals surface area contributed by atoms with E-state index in [0.717, 1.165) is 16.5 Å². The Bertz CT molecular complexity index is 912. The molecule has 142 valence electrons. The van der Waals surface area contributed by atoms with Crippen LogP contribution < -0.4 is 5.32 Å². The molecule has 0 radical (unpaired) electrons. The van der Waals surface area contributed by atoms with Crippen molar-refractivity contribution in [3.05, 3.63) is 47.3 Å². The van der Waals surface area contributed by atoms with Gasteiger partial charge in [-0.05, 0) is 25.5 Å². The number of carbonyl (C=O) groups excluding carboxylic acids is 3. The van der Waals surface area contributed by atoms with Gasteiger partial charge in [-0.3, -0.25) is 9.59 Å². The van der Waals surface area contributed by atoms with Crippen LogP contribution in [0.3, 0.4) is 0 Å². The van der Waals surface area contributed by atoms with Gasteiger partial charge in [0.25, 0.3) is 0 Å². The Morgan fingerprint density at radius 2 is 2.04 bits per heavy atom. The molecule has 7 nitrogen and oxygen atoms in total. The fourth-order valence-electron chi connectivity index (χ4n) is 3.23. The highest BCUT2D eigenvalue weighted by molar-refractivity contribution is 6.13. The summed E-state index contributed by atoms with van der Waals surface area (Å²) < 4.78 is 9.90. The van der Waals surface area contributed by atoms with Crippen molar-refractivity contribution in [1.82, 2.24) is 10.3 Å². The Hall–Kier alpha value is -3.09. The lowest BCUT2D eigenvalue weighted by Crippen LogP contribution is -2.38. The number of benzene rings is 1. The van der Waals surface area contributed by atoms with E-state index in [1.807, 2.05) is 18.3 Å². The Labute approximate surface area is 156 Å². The Morgan fingerprint density at radius 3 is 2.78 bits per heavy atom. The van der Waals surface area contributed by atoms with Gasteiger partial charge in [0.1, 0.15) is 0 Å². The number of hydrogen-bond donors (Lipinski definition) is 2. The molecule has 0 saturated carbocycles. The lowest BCUT2D eigenvalue weighted by molar-refractivity contribution is -0.145. The number of Topliss-reactive ketones (excluding diaryl/α,β-unsaturated/α-hetero) is 1. The molecule has 27 heavy (non-hydrogen) atoms. The first kappa shape index (κ1) is 18.7. The lowest BCUT2D eigenvalue weighted by atomic mass is 9.88. The summed E-state index contributed by atoms with van der Waals surface area (Å²) in [5, 5.41) is 3.94. The third-order valence-electron chi connectivity index (χ3n) is 4.43. The molecule has 3 rings (SSSR count). The molecule has 1 heterocycles. The second kappa shape index (κ2) is 8.07. The lowest BCUT2D eigenvalue weighted by Gasteiger charge is -2.22. The largest absolute Gasteiger partial charge is 0.466 e. The molecule has 1 aliphatic rings. The van der Waals surface area contributed by atoms with Crippen molar-refractivity contribution in [3.8, 4) is 0 Å². The fourth-order valence-corrected chi connectivity index (χ4v) is 3.23. The zero-order valence-corrected chi connectivity index (χ0v) is 15.3. The molecule has 1 unspecified atom stereocenters. The van der Waals surface area contributed by atoms with E-state index in [4.69, 9.17) is 9.47 Å². The van der Waals surface area contributed by atoms with E-state index in [2.05, 4.69) is 10.3 Å². The fraction of sp³-hybridized carbons (Fsp3) is 0.350. The first-order chi connectivity index (χ1) is 13.0. The second-order valence-corrected chi connectivity index (χ2v) is 6.20. The van der Waals surface area contributed by atoms with Crippen molar-refractivity contribution < 1.29 is 23.9 Å². The van der Waals surface area contributed by atoms with Crippen molar-refractivity contribution in [2.45, 2.75) is 32.7 Å². The van der Waals surface area contributed by atoms with Gasteiger partial charge in [-0.15, -0.1) is 0 Å². The third-order valence-corrected chi connectivity index (χ3v) is 4.43. The number of ketones is 1. The minimum absolute atomic E-state index is 0.0525. The zero-order chi connectivity index (χ0) is 19.4. The predicted molar refractivity (Wildman–Crippen MR) is 99.2 cm³/mol. The molecule has 2 N–H and O–H groups in total. The molecule has 1 aromatic heterocycles. The second-order valence-electron chi connectivity index (χ2n) is 6.20. The average Bonchev–Trinajstić information content (AvgIpc) is 3.06. The quantitative estimate of drug-likeness (QED) is 0.573. The van der Waals surface area contributed by atoms with Crippen molar-refractivity contribution in [1.29, 1.82) is 0 Å². The van der Waals surface area contributed by atoms with Crippen LogP contribution in [0, 0.1) is 0 Å². The summed E-state index contributed by atoms with van der Waals surface area (Å²) in [6.45, 7) is 3.80. The number of ether oxygens (including phenoxy) is 2. The Morgan fingerprint density at radius 1 is 1.26 bits per heavy atom. The third kappa shape index (κ3) is 3.86. The van der Waals surface area contributed by atoms with Crippen molar-refractivity contribution in [2.75, 3.05) is 13.2 Å². The van der Waals surface area contributed by atoms with Gasteiger partial charge in [-0.25, -0.2) is 4.79 Å². The number of esters is 2. The standard InChI is InChI=1S/C20H22N2O5/c1-3-26-17(23)9-13(20(25)27-4-2)11-22-16-8-12-10-21-15-7-5-6-14(18(12)15)19(16)24/h5-7,10-11,16,21-22H,3-4,8-9H2,1-2H3/b13-11+. The molecule has 2 aromatic rings. The van der Waals surface area contributed by atoms with E-state index in [1.54, 1.807) is 19.9 Å². The molecule has 7 heteroatoms. The van der Waals surface area contributed by atoms with Gasteiger partial charge < -0.3 is 19.8 Å². The summed E-state index contributed by atoms with van der Waals surface area (Å²) in [5.41, 5.74) is 2.73. The summed E-state index contributed by atoms with van der Waals surface area (Å²) in [6, 6.07) is 5.04. The van der Waals surface area contributed by atoms with Gasteiger partial charge in [-0.1, -0.05) is 12.1 Å². The van der Waals surface area contributed by atoms with E-state index in [1.165, 1.54) is 6.20 Å². The number of H-pyrrole nitrogens is 1. The van der Waals surface area contributed by atoms with E-state index < -0.39 is 18.0 Å². The highest BCUT2D eigenvalue weighted by Crippen LogP contribution is 2.29. The van der Waals surface area contributed by atoms with Crippen LogP contribution in [-0.4, -0.2) is 42.0 Å². The predicted octanol–water partition coefficient (Wildman–Crippen LogP) is 2.27. The van der Waals surface area contributed by atoms with Gasteiger partial charge in [0.05, 0.1) is 31.2 Å². The van der Waals surface area contributed by atoms with Gasteiger partial charge in [0, 0.05) is 35.3 Å². The normalized spacial score (nSPS) is 16.3. The number of aromatic nitrogens is 1. The summed E-state index contributed by atoms with van der Waals surface area (Å²) in [7, 11) is 0. The average molecular weight is 370 g/mol. The van der Waals surface area contributed by atoms with Crippen molar-refractivity contribution in [3.63, 3.8) is 0 Å². The maximum absolute atomic E-state index is 12.8. The van der Waals surface area contributed by atoms with Crippen LogP contribution in [0.4, 0.5) is 0 Å². The summed E-state index contributed by atoms with van der Waals surface area (Å²) in [6.07, 6.45) is 3.56.